The van der Waals surface area contributed by atoms with Crippen LogP contribution in [-0.2, 0) is 14.6 Å². The summed E-state index contributed by atoms with van der Waals surface area (Å²) >= 11 is 0. The van der Waals surface area contributed by atoms with E-state index >= 15 is 0 Å². The van der Waals surface area contributed by atoms with Gasteiger partial charge in [-0.15, -0.1) is 0 Å². The molecule has 0 spiro atoms. The largest absolute Gasteiger partial charge is 0.343 e. The van der Waals surface area contributed by atoms with Gasteiger partial charge in [0.15, 0.2) is 0 Å². The van der Waals surface area contributed by atoms with E-state index in [2.05, 4.69) is 0 Å². The molecular weight excluding hydrogens is 204 g/mol. The van der Waals surface area contributed by atoms with Gasteiger partial charge in [-0.1, -0.05) is 6.92 Å². The highest BCUT2D eigenvalue weighted by molar-refractivity contribution is 7.90. The summed E-state index contributed by atoms with van der Waals surface area (Å²) in [6, 6.07) is -0.528. The zero-order valence-electron chi connectivity index (χ0n) is 8.86. The van der Waals surface area contributed by atoms with Crippen molar-refractivity contribution in [2.24, 2.45) is 5.73 Å². The molecule has 0 fully saturated rings. The molecule has 0 aliphatic carbocycles. The van der Waals surface area contributed by atoms with Crippen molar-refractivity contribution in [3.05, 3.63) is 0 Å². The molecular formula is C8H18N2O3S. The molecule has 0 aliphatic heterocycles. The summed E-state index contributed by atoms with van der Waals surface area (Å²) in [4.78, 5) is 12.8. The molecule has 0 heterocycles. The van der Waals surface area contributed by atoms with Gasteiger partial charge < -0.3 is 10.6 Å². The van der Waals surface area contributed by atoms with Crippen molar-refractivity contribution in [1.29, 1.82) is 0 Å². The monoisotopic (exact) mass is 222 g/mol. The lowest BCUT2D eigenvalue weighted by Crippen LogP contribution is -2.42. The number of rotatable bonds is 5. The standard InChI is InChI=1S/C8H18N2O3S/c1-4-7(9)8(11)10(2)5-6-14(3,12)13/h7H,4-6,9H2,1-3H3/t7-/m0/s1. The van der Waals surface area contributed by atoms with Gasteiger partial charge in [-0.2, -0.15) is 0 Å². The van der Waals surface area contributed by atoms with Gasteiger partial charge in [0.05, 0.1) is 11.8 Å². The van der Waals surface area contributed by atoms with Gasteiger partial charge in [0, 0.05) is 19.8 Å². The summed E-state index contributed by atoms with van der Waals surface area (Å²) in [5.41, 5.74) is 5.52. The molecule has 1 amide bonds. The molecule has 0 saturated carbocycles. The van der Waals surface area contributed by atoms with Gasteiger partial charge in [0.2, 0.25) is 5.91 Å². The number of nitrogens with zero attached hydrogens (tertiary/aromatic N) is 1. The van der Waals surface area contributed by atoms with E-state index in [0.717, 1.165) is 6.26 Å². The molecule has 0 bridgehead atoms. The van der Waals surface area contributed by atoms with Gasteiger partial charge >= 0.3 is 0 Å². The van der Waals surface area contributed by atoms with Crippen LogP contribution in [0.5, 0.6) is 0 Å². The van der Waals surface area contributed by atoms with E-state index in [9.17, 15) is 13.2 Å². The average molecular weight is 222 g/mol. The second kappa shape index (κ2) is 5.31. The van der Waals surface area contributed by atoms with Gasteiger partial charge in [-0.05, 0) is 6.42 Å². The lowest BCUT2D eigenvalue weighted by Gasteiger charge is -2.19. The molecule has 0 aromatic carbocycles. The van der Waals surface area contributed by atoms with Crippen molar-refractivity contribution >= 4 is 15.7 Å². The average Bonchev–Trinajstić information content (AvgIpc) is 2.10. The molecule has 0 saturated heterocycles. The summed E-state index contributed by atoms with van der Waals surface area (Å²) in [6.07, 6.45) is 1.70. The third-order valence-corrected chi connectivity index (χ3v) is 2.85. The number of amides is 1. The van der Waals surface area contributed by atoms with Crippen molar-refractivity contribution < 1.29 is 13.2 Å². The van der Waals surface area contributed by atoms with E-state index in [1.165, 1.54) is 4.90 Å². The minimum Gasteiger partial charge on any atom is -0.343 e. The Morgan fingerprint density at radius 2 is 2.00 bits per heavy atom. The van der Waals surface area contributed by atoms with Crippen LogP contribution in [0.3, 0.4) is 0 Å². The lowest BCUT2D eigenvalue weighted by atomic mass is 10.2. The first kappa shape index (κ1) is 13.4. The number of likely N-dealkylation sites (N-methyl/N-ethyl adjacent to an activating group) is 1. The molecule has 14 heavy (non-hydrogen) atoms. The van der Waals surface area contributed by atoms with Gasteiger partial charge in [-0.3, -0.25) is 4.79 Å². The first-order valence-corrected chi connectivity index (χ1v) is 6.52. The fourth-order valence-electron chi connectivity index (χ4n) is 0.871. The Morgan fingerprint density at radius 1 is 1.50 bits per heavy atom. The summed E-state index contributed by atoms with van der Waals surface area (Å²) in [5.74, 6) is -0.234. The molecule has 0 aliphatic rings. The van der Waals surface area contributed by atoms with Crippen molar-refractivity contribution in [2.75, 3.05) is 25.6 Å². The van der Waals surface area contributed by atoms with Crippen LogP contribution < -0.4 is 5.73 Å². The van der Waals surface area contributed by atoms with E-state index in [4.69, 9.17) is 5.73 Å². The third kappa shape index (κ3) is 5.18. The maximum atomic E-state index is 11.4. The fraction of sp³-hybridized carbons (Fsp3) is 0.875. The SMILES string of the molecule is CC[C@H](N)C(=O)N(C)CCS(C)(=O)=O. The Morgan fingerprint density at radius 3 is 2.36 bits per heavy atom. The van der Waals surface area contributed by atoms with E-state index < -0.39 is 15.9 Å². The number of carbonyl (C=O) groups excluding carboxylic acids is 1. The lowest BCUT2D eigenvalue weighted by molar-refractivity contribution is -0.131. The number of hydrogen-bond acceptors (Lipinski definition) is 4. The zero-order valence-corrected chi connectivity index (χ0v) is 9.67. The predicted molar refractivity (Wildman–Crippen MR) is 55.6 cm³/mol. The third-order valence-electron chi connectivity index (χ3n) is 1.93. The summed E-state index contributed by atoms with van der Waals surface area (Å²) in [5, 5.41) is 0. The Hall–Kier alpha value is -0.620. The minimum absolute atomic E-state index is 0.0221. The first-order chi connectivity index (χ1) is 6.28. The first-order valence-electron chi connectivity index (χ1n) is 4.46. The summed E-state index contributed by atoms with van der Waals surface area (Å²) < 4.78 is 21.7. The molecule has 6 heteroatoms. The van der Waals surface area contributed by atoms with Crippen LogP contribution in [0.25, 0.3) is 0 Å². The smallest absolute Gasteiger partial charge is 0.239 e. The topological polar surface area (TPSA) is 80.5 Å². The molecule has 2 N–H and O–H groups in total. The molecule has 84 valence electrons. The molecule has 0 aromatic heterocycles. The molecule has 0 aromatic rings. The van der Waals surface area contributed by atoms with Crippen molar-refractivity contribution in [1.82, 2.24) is 4.90 Å². The van der Waals surface area contributed by atoms with Gasteiger partial charge in [-0.25, -0.2) is 8.42 Å². The van der Waals surface area contributed by atoms with Crippen LogP contribution in [0.15, 0.2) is 0 Å². The predicted octanol–water partition coefficient (Wildman–Crippen LogP) is -0.773. The number of carbonyl (C=O) groups is 1. The van der Waals surface area contributed by atoms with Crippen LogP contribution in [0.4, 0.5) is 0 Å². The van der Waals surface area contributed by atoms with E-state index in [-0.39, 0.29) is 18.2 Å². The zero-order chi connectivity index (χ0) is 11.4. The molecule has 0 unspecified atom stereocenters. The summed E-state index contributed by atoms with van der Waals surface area (Å²) in [6.45, 7) is 2.01. The Balaban J connectivity index is 4.09. The molecule has 1 atom stereocenters. The van der Waals surface area contributed by atoms with E-state index in [1.807, 2.05) is 6.92 Å². The van der Waals surface area contributed by atoms with Crippen LogP contribution >= 0.6 is 0 Å². The number of hydrogen-bond donors (Lipinski definition) is 1. The Bertz CT molecular complexity index is 287. The molecule has 0 rings (SSSR count). The maximum absolute atomic E-state index is 11.4. The maximum Gasteiger partial charge on any atom is 0.239 e. The highest BCUT2D eigenvalue weighted by Crippen LogP contribution is 1.95. The van der Waals surface area contributed by atoms with Crippen molar-refractivity contribution in [3.8, 4) is 0 Å². The Labute approximate surface area is 85.2 Å². The van der Waals surface area contributed by atoms with E-state index in [1.54, 1.807) is 7.05 Å². The number of nitrogens with two attached hydrogens (primary N) is 1. The highest BCUT2D eigenvalue weighted by Gasteiger charge is 2.16. The van der Waals surface area contributed by atoms with E-state index in [0.29, 0.717) is 6.42 Å². The van der Waals surface area contributed by atoms with Crippen LogP contribution in [0.1, 0.15) is 13.3 Å². The second-order valence-corrected chi connectivity index (χ2v) is 5.66. The second-order valence-electron chi connectivity index (χ2n) is 3.40. The van der Waals surface area contributed by atoms with Gasteiger partial charge in [0.25, 0.3) is 0 Å². The summed E-state index contributed by atoms with van der Waals surface area (Å²) in [7, 11) is -1.46. The fourth-order valence-corrected chi connectivity index (χ4v) is 1.48. The highest BCUT2D eigenvalue weighted by atomic mass is 32.2. The normalized spacial score (nSPS) is 13.7. The number of sulfone groups is 1. The van der Waals surface area contributed by atoms with Crippen LogP contribution in [0.2, 0.25) is 0 Å². The van der Waals surface area contributed by atoms with Crippen molar-refractivity contribution in [2.45, 2.75) is 19.4 Å². The Kier molecular flexibility index (Phi) is 5.07. The van der Waals surface area contributed by atoms with Gasteiger partial charge in [0.1, 0.15) is 9.84 Å². The van der Waals surface area contributed by atoms with Crippen LogP contribution in [0, 0.1) is 0 Å². The minimum atomic E-state index is -3.02. The molecule has 0 radical (unpaired) electrons. The van der Waals surface area contributed by atoms with Crippen LogP contribution in [-0.4, -0.2) is 50.9 Å². The quantitative estimate of drug-likeness (QED) is 0.662. The molecule has 5 nitrogen and oxygen atoms in total. The van der Waals surface area contributed by atoms with Crippen molar-refractivity contribution in [3.63, 3.8) is 0 Å².